The van der Waals surface area contributed by atoms with Crippen molar-refractivity contribution in [2.45, 2.75) is 31.3 Å². The minimum atomic E-state index is -1.45. The molecule has 1 aromatic heterocycles. The smallest absolute Gasteiger partial charge is 0.370 e. The van der Waals surface area contributed by atoms with Crippen LogP contribution in [0, 0.1) is 5.92 Å². The largest absolute Gasteiger partial charge is 0.480 e. The summed E-state index contributed by atoms with van der Waals surface area (Å²) in [5.41, 5.74) is 0.791. The van der Waals surface area contributed by atoms with Crippen LogP contribution in [0.3, 0.4) is 0 Å². The molecular weight excluding hydrogens is 376 g/mol. The van der Waals surface area contributed by atoms with Gasteiger partial charge in [-0.2, -0.15) is 5.10 Å². The molecule has 3 aromatic rings. The SMILES string of the molecule is C[C@H]1[C@H]([C@H](O)[C@H](O)CO)OC(C(=O)O)=C[C@@H]1n1cc2ccc3ccccc3c2n1. The lowest BCUT2D eigenvalue weighted by Crippen LogP contribution is -2.48. The van der Waals surface area contributed by atoms with Crippen molar-refractivity contribution in [1.29, 1.82) is 0 Å². The molecule has 0 bridgehead atoms. The van der Waals surface area contributed by atoms with Crippen molar-refractivity contribution < 1.29 is 30.0 Å². The second-order valence-electron chi connectivity index (χ2n) is 7.34. The van der Waals surface area contributed by atoms with Crippen LogP contribution in [0.2, 0.25) is 0 Å². The number of aliphatic hydroxyl groups is 3. The lowest BCUT2D eigenvalue weighted by molar-refractivity contribution is -0.148. The Hall–Kier alpha value is -2.94. The van der Waals surface area contributed by atoms with Crippen molar-refractivity contribution in [1.82, 2.24) is 9.78 Å². The Morgan fingerprint density at radius 2 is 1.93 bits per heavy atom. The van der Waals surface area contributed by atoms with Crippen molar-refractivity contribution >= 4 is 27.6 Å². The number of hydrogen-bond acceptors (Lipinski definition) is 6. The summed E-state index contributed by atoms with van der Waals surface area (Å²) in [6.07, 6.45) is -0.642. The van der Waals surface area contributed by atoms with Gasteiger partial charge in [-0.3, -0.25) is 4.68 Å². The van der Waals surface area contributed by atoms with Crippen molar-refractivity contribution in [3.05, 3.63) is 54.4 Å². The fourth-order valence-corrected chi connectivity index (χ4v) is 3.87. The maximum atomic E-state index is 11.6. The quantitative estimate of drug-likeness (QED) is 0.513. The van der Waals surface area contributed by atoms with Crippen LogP contribution in [0.4, 0.5) is 0 Å². The molecule has 0 fully saturated rings. The standard InChI is InChI=1S/C21H22N2O6/c1-11-15(8-17(21(27)28)29-20(11)19(26)16(25)10-24)23-9-13-7-6-12-4-2-3-5-14(12)18(13)22-23/h2-9,11,15-16,19-20,24-26H,10H2,1H3,(H,27,28)/t11-,15+,16-,19-,20-/m1/s1. The third-order valence-corrected chi connectivity index (χ3v) is 5.49. The van der Waals surface area contributed by atoms with Gasteiger partial charge in [-0.15, -0.1) is 0 Å². The van der Waals surface area contributed by atoms with E-state index in [1.54, 1.807) is 11.6 Å². The van der Waals surface area contributed by atoms with Crippen molar-refractivity contribution in [3.8, 4) is 0 Å². The highest BCUT2D eigenvalue weighted by molar-refractivity contribution is 6.04. The summed E-state index contributed by atoms with van der Waals surface area (Å²) in [7, 11) is 0. The van der Waals surface area contributed by atoms with Gasteiger partial charge in [0.1, 0.15) is 23.8 Å². The summed E-state index contributed by atoms with van der Waals surface area (Å²) in [6.45, 7) is 1.12. The molecule has 0 unspecified atom stereocenters. The second kappa shape index (κ2) is 7.47. The van der Waals surface area contributed by atoms with E-state index in [1.165, 1.54) is 6.08 Å². The molecule has 4 N–H and O–H groups in total. The zero-order chi connectivity index (χ0) is 20.7. The Kier molecular flexibility index (Phi) is 4.99. The topological polar surface area (TPSA) is 125 Å². The Labute approximate surface area is 166 Å². The van der Waals surface area contributed by atoms with E-state index < -0.39 is 42.8 Å². The first kappa shape index (κ1) is 19.4. The number of carboxylic acid groups (broad SMARTS) is 1. The van der Waals surface area contributed by atoms with Crippen LogP contribution < -0.4 is 0 Å². The van der Waals surface area contributed by atoms with Gasteiger partial charge in [-0.05, 0) is 11.5 Å². The highest BCUT2D eigenvalue weighted by Gasteiger charge is 2.41. The van der Waals surface area contributed by atoms with Crippen LogP contribution in [-0.4, -0.2) is 61.1 Å². The summed E-state index contributed by atoms with van der Waals surface area (Å²) in [5.74, 6) is -2.03. The maximum absolute atomic E-state index is 11.6. The number of aromatic nitrogens is 2. The number of aliphatic carboxylic acids is 1. The molecule has 5 atom stereocenters. The van der Waals surface area contributed by atoms with Gasteiger partial charge in [-0.25, -0.2) is 4.79 Å². The molecule has 1 aliphatic rings. The maximum Gasteiger partial charge on any atom is 0.370 e. The summed E-state index contributed by atoms with van der Waals surface area (Å²) < 4.78 is 7.11. The van der Waals surface area contributed by atoms with E-state index in [0.29, 0.717) is 0 Å². The molecular formula is C21H22N2O6. The van der Waals surface area contributed by atoms with Crippen LogP contribution in [0.1, 0.15) is 13.0 Å². The number of ether oxygens (including phenoxy) is 1. The molecule has 29 heavy (non-hydrogen) atoms. The van der Waals surface area contributed by atoms with Gasteiger partial charge in [0.15, 0.2) is 0 Å². The van der Waals surface area contributed by atoms with Crippen LogP contribution in [-0.2, 0) is 9.53 Å². The van der Waals surface area contributed by atoms with Gasteiger partial charge in [0, 0.05) is 22.9 Å². The monoisotopic (exact) mass is 398 g/mol. The van der Waals surface area contributed by atoms with E-state index in [1.807, 2.05) is 42.6 Å². The van der Waals surface area contributed by atoms with E-state index in [0.717, 1.165) is 21.7 Å². The average Bonchev–Trinajstić information content (AvgIpc) is 3.17. The second-order valence-corrected chi connectivity index (χ2v) is 7.34. The summed E-state index contributed by atoms with van der Waals surface area (Å²) in [4.78, 5) is 11.6. The highest BCUT2D eigenvalue weighted by Crippen LogP contribution is 2.35. The Bertz CT molecular complexity index is 1090. The zero-order valence-electron chi connectivity index (χ0n) is 15.7. The van der Waals surface area contributed by atoms with E-state index in [9.17, 15) is 20.1 Å². The van der Waals surface area contributed by atoms with Gasteiger partial charge in [0.05, 0.1) is 12.6 Å². The van der Waals surface area contributed by atoms with E-state index in [-0.39, 0.29) is 5.76 Å². The molecule has 0 saturated carbocycles. The van der Waals surface area contributed by atoms with Gasteiger partial charge in [-0.1, -0.05) is 43.3 Å². The third-order valence-electron chi connectivity index (χ3n) is 5.49. The van der Waals surface area contributed by atoms with Gasteiger partial charge in [0.25, 0.3) is 0 Å². The lowest BCUT2D eigenvalue weighted by atomic mass is 9.87. The van der Waals surface area contributed by atoms with E-state index in [4.69, 9.17) is 14.9 Å². The minimum absolute atomic E-state index is 0.327. The number of carboxylic acids is 1. The zero-order valence-corrected chi connectivity index (χ0v) is 15.7. The van der Waals surface area contributed by atoms with E-state index >= 15 is 0 Å². The molecule has 1 aliphatic heterocycles. The Balaban J connectivity index is 1.80. The lowest BCUT2D eigenvalue weighted by Gasteiger charge is -2.38. The van der Waals surface area contributed by atoms with Crippen molar-refractivity contribution in [3.63, 3.8) is 0 Å². The molecule has 0 radical (unpaired) electrons. The molecule has 0 amide bonds. The molecule has 8 heteroatoms. The van der Waals surface area contributed by atoms with Crippen molar-refractivity contribution in [2.24, 2.45) is 5.92 Å². The first-order valence-electron chi connectivity index (χ1n) is 9.36. The van der Waals surface area contributed by atoms with E-state index in [2.05, 4.69) is 0 Å². The predicted octanol–water partition coefficient (Wildman–Crippen LogP) is 1.45. The van der Waals surface area contributed by atoms with Crippen molar-refractivity contribution in [2.75, 3.05) is 6.61 Å². The first-order valence-corrected chi connectivity index (χ1v) is 9.36. The number of carbonyl (C=O) groups is 1. The fourth-order valence-electron chi connectivity index (χ4n) is 3.87. The first-order chi connectivity index (χ1) is 13.9. The molecule has 2 heterocycles. The van der Waals surface area contributed by atoms with Gasteiger partial charge >= 0.3 is 5.97 Å². The normalized spacial score (nSPS) is 24.1. The molecule has 152 valence electrons. The Morgan fingerprint density at radius 3 is 2.66 bits per heavy atom. The molecule has 0 spiro atoms. The molecule has 8 nitrogen and oxygen atoms in total. The number of fused-ring (bicyclic) bond motifs is 3. The third kappa shape index (κ3) is 3.35. The predicted molar refractivity (Wildman–Crippen MR) is 105 cm³/mol. The van der Waals surface area contributed by atoms with Crippen LogP contribution >= 0.6 is 0 Å². The highest BCUT2D eigenvalue weighted by atomic mass is 16.5. The number of aliphatic hydroxyl groups excluding tert-OH is 3. The number of benzene rings is 2. The molecule has 0 saturated heterocycles. The van der Waals surface area contributed by atoms with Crippen LogP contribution in [0.15, 0.2) is 54.4 Å². The van der Waals surface area contributed by atoms with Crippen LogP contribution in [0.25, 0.3) is 21.7 Å². The number of allylic oxidation sites excluding steroid dienone is 1. The minimum Gasteiger partial charge on any atom is -0.480 e. The summed E-state index contributed by atoms with van der Waals surface area (Å²) in [5, 5.41) is 46.5. The Morgan fingerprint density at radius 1 is 1.21 bits per heavy atom. The van der Waals surface area contributed by atoms with Crippen LogP contribution in [0.5, 0.6) is 0 Å². The molecule has 0 aliphatic carbocycles. The van der Waals surface area contributed by atoms with Gasteiger partial charge in [0.2, 0.25) is 5.76 Å². The molecule has 2 aromatic carbocycles. The molecule has 4 rings (SSSR count). The van der Waals surface area contributed by atoms with Gasteiger partial charge < -0.3 is 25.2 Å². The summed E-state index contributed by atoms with van der Waals surface area (Å²) in [6, 6.07) is 11.3. The number of nitrogens with zero attached hydrogens (tertiary/aromatic N) is 2. The summed E-state index contributed by atoms with van der Waals surface area (Å²) >= 11 is 0. The average molecular weight is 398 g/mol. The number of rotatable bonds is 5. The fraction of sp³-hybridized carbons (Fsp3) is 0.333. The number of hydrogen-bond donors (Lipinski definition) is 4.